The van der Waals surface area contributed by atoms with Gasteiger partial charge in [0.05, 0.1) is 0 Å². The van der Waals surface area contributed by atoms with Crippen molar-refractivity contribution >= 4 is 17.7 Å². The summed E-state index contributed by atoms with van der Waals surface area (Å²) in [6.45, 7) is 9.79. The van der Waals surface area contributed by atoms with Crippen molar-refractivity contribution in [3.63, 3.8) is 0 Å². The lowest BCUT2D eigenvalue weighted by molar-refractivity contribution is 0.300. The summed E-state index contributed by atoms with van der Waals surface area (Å²) in [6, 6.07) is 0. The minimum Gasteiger partial charge on any atom is -0.356 e. The molecule has 0 bridgehead atoms. The maximum absolute atomic E-state index is 4.19. The van der Waals surface area contributed by atoms with E-state index < -0.39 is 0 Å². The normalized spacial score (nSPS) is 11.9. The van der Waals surface area contributed by atoms with Crippen LogP contribution in [0.2, 0.25) is 0 Å². The van der Waals surface area contributed by atoms with E-state index in [0.29, 0.717) is 0 Å². The van der Waals surface area contributed by atoms with E-state index >= 15 is 0 Å². The zero-order valence-electron chi connectivity index (χ0n) is 11.8. The predicted octanol–water partition coefficient (Wildman–Crippen LogP) is 1.25. The first-order valence-corrected chi connectivity index (χ1v) is 7.83. The summed E-state index contributed by atoms with van der Waals surface area (Å²) in [5, 5.41) is 6.63. The second kappa shape index (κ2) is 12.0. The van der Waals surface area contributed by atoms with Crippen molar-refractivity contribution in [1.29, 1.82) is 0 Å². The minimum absolute atomic E-state index is 0.915. The highest BCUT2D eigenvalue weighted by Gasteiger charge is 1.99. The molecule has 0 fully saturated rings. The van der Waals surface area contributed by atoms with Crippen molar-refractivity contribution in [2.75, 3.05) is 51.8 Å². The molecule has 0 rings (SSSR count). The summed E-state index contributed by atoms with van der Waals surface area (Å²) in [5.41, 5.74) is 0. The molecule has 0 saturated heterocycles. The van der Waals surface area contributed by atoms with E-state index in [1.165, 1.54) is 0 Å². The van der Waals surface area contributed by atoms with Crippen LogP contribution in [0.15, 0.2) is 4.99 Å². The Bertz CT molecular complexity index is 193. The molecule has 0 spiro atoms. The largest absolute Gasteiger partial charge is 0.356 e. The molecule has 102 valence electrons. The molecule has 0 heterocycles. The Morgan fingerprint density at radius 3 is 2.35 bits per heavy atom. The molecule has 2 N–H and O–H groups in total. The third kappa shape index (κ3) is 9.30. The lowest BCUT2D eigenvalue weighted by atomic mass is 10.3. The Labute approximate surface area is 111 Å². The Kier molecular flexibility index (Phi) is 11.8. The maximum atomic E-state index is 4.19. The van der Waals surface area contributed by atoms with E-state index in [9.17, 15) is 0 Å². The fourth-order valence-corrected chi connectivity index (χ4v) is 1.85. The minimum atomic E-state index is 0.915. The molecule has 0 unspecified atom stereocenters. The molecule has 0 aromatic rings. The number of rotatable bonds is 9. The van der Waals surface area contributed by atoms with Crippen molar-refractivity contribution in [2.24, 2.45) is 4.99 Å². The van der Waals surface area contributed by atoms with E-state index in [2.05, 4.69) is 40.6 Å². The lowest BCUT2D eigenvalue weighted by Crippen LogP contribution is -2.39. The molecule has 5 heteroatoms. The number of thioether (sulfide) groups is 1. The van der Waals surface area contributed by atoms with E-state index in [0.717, 1.165) is 50.9 Å². The summed E-state index contributed by atoms with van der Waals surface area (Å²) >= 11 is 1.84. The SMILES string of the molecule is CCN(CC)CCCNC(=NC)NCCSC. The molecule has 0 aromatic heterocycles. The van der Waals surface area contributed by atoms with Gasteiger partial charge in [-0.05, 0) is 32.3 Å². The van der Waals surface area contributed by atoms with Crippen molar-refractivity contribution in [3.8, 4) is 0 Å². The number of hydrogen-bond donors (Lipinski definition) is 2. The predicted molar refractivity (Wildman–Crippen MR) is 80.2 cm³/mol. The van der Waals surface area contributed by atoms with Gasteiger partial charge in [-0.2, -0.15) is 11.8 Å². The van der Waals surface area contributed by atoms with Crippen LogP contribution >= 0.6 is 11.8 Å². The molecule has 0 atom stereocenters. The lowest BCUT2D eigenvalue weighted by Gasteiger charge is -2.18. The highest BCUT2D eigenvalue weighted by molar-refractivity contribution is 7.98. The van der Waals surface area contributed by atoms with Crippen LogP contribution in [0.3, 0.4) is 0 Å². The van der Waals surface area contributed by atoms with Crippen LogP contribution in [-0.2, 0) is 0 Å². The first-order valence-electron chi connectivity index (χ1n) is 6.44. The fourth-order valence-electron chi connectivity index (χ4n) is 1.54. The third-order valence-corrected chi connectivity index (χ3v) is 3.27. The van der Waals surface area contributed by atoms with Gasteiger partial charge in [-0.3, -0.25) is 4.99 Å². The van der Waals surface area contributed by atoms with Gasteiger partial charge < -0.3 is 15.5 Å². The first-order chi connectivity index (χ1) is 8.28. The smallest absolute Gasteiger partial charge is 0.191 e. The average Bonchev–Trinajstić information content (AvgIpc) is 2.37. The quantitative estimate of drug-likeness (QED) is 0.372. The molecule has 17 heavy (non-hydrogen) atoms. The molecular formula is C12H28N4S. The standard InChI is InChI=1S/C12H28N4S/c1-5-16(6-2)10-7-8-14-12(13-3)15-9-11-17-4/h5-11H2,1-4H3,(H2,13,14,15). The topological polar surface area (TPSA) is 39.7 Å². The molecule has 0 saturated carbocycles. The van der Waals surface area contributed by atoms with E-state index in [4.69, 9.17) is 0 Å². The summed E-state index contributed by atoms with van der Waals surface area (Å²) in [4.78, 5) is 6.62. The van der Waals surface area contributed by atoms with Crippen LogP contribution in [0.5, 0.6) is 0 Å². The van der Waals surface area contributed by atoms with Crippen LogP contribution < -0.4 is 10.6 Å². The summed E-state index contributed by atoms with van der Waals surface area (Å²) in [6.07, 6.45) is 3.27. The van der Waals surface area contributed by atoms with Gasteiger partial charge in [-0.25, -0.2) is 0 Å². The molecule has 0 aliphatic rings. The van der Waals surface area contributed by atoms with Gasteiger partial charge in [0.15, 0.2) is 5.96 Å². The summed E-state index contributed by atoms with van der Waals surface area (Å²) in [7, 11) is 1.82. The van der Waals surface area contributed by atoms with Crippen molar-refractivity contribution in [1.82, 2.24) is 15.5 Å². The van der Waals surface area contributed by atoms with Crippen LogP contribution in [0, 0.1) is 0 Å². The highest BCUT2D eigenvalue weighted by atomic mass is 32.2. The Morgan fingerprint density at radius 2 is 1.82 bits per heavy atom. The first kappa shape index (κ1) is 16.6. The molecule has 0 aromatic carbocycles. The number of aliphatic imine (C=N–C) groups is 1. The number of hydrogen-bond acceptors (Lipinski definition) is 3. The number of nitrogens with zero attached hydrogens (tertiary/aromatic N) is 2. The highest BCUT2D eigenvalue weighted by Crippen LogP contribution is 1.89. The monoisotopic (exact) mass is 260 g/mol. The van der Waals surface area contributed by atoms with Gasteiger partial charge in [0.2, 0.25) is 0 Å². The Hall–Kier alpha value is -0.420. The maximum Gasteiger partial charge on any atom is 0.191 e. The zero-order valence-corrected chi connectivity index (χ0v) is 12.6. The second-order valence-corrected chi connectivity index (χ2v) is 4.78. The van der Waals surface area contributed by atoms with Gasteiger partial charge in [0, 0.05) is 25.9 Å². The van der Waals surface area contributed by atoms with Crippen LogP contribution in [0.1, 0.15) is 20.3 Å². The molecule has 4 nitrogen and oxygen atoms in total. The van der Waals surface area contributed by atoms with Crippen molar-refractivity contribution < 1.29 is 0 Å². The van der Waals surface area contributed by atoms with Crippen LogP contribution in [-0.4, -0.2) is 62.6 Å². The molecule has 0 amide bonds. The van der Waals surface area contributed by atoms with Crippen LogP contribution in [0.25, 0.3) is 0 Å². The van der Waals surface area contributed by atoms with Crippen LogP contribution in [0.4, 0.5) is 0 Å². The zero-order chi connectivity index (χ0) is 12.9. The second-order valence-electron chi connectivity index (χ2n) is 3.80. The summed E-state index contributed by atoms with van der Waals surface area (Å²) < 4.78 is 0. The third-order valence-electron chi connectivity index (χ3n) is 2.66. The van der Waals surface area contributed by atoms with E-state index in [-0.39, 0.29) is 0 Å². The fraction of sp³-hybridized carbons (Fsp3) is 0.917. The van der Waals surface area contributed by atoms with Crippen molar-refractivity contribution in [3.05, 3.63) is 0 Å². The average molecular weight is 260 g/mol. The van der Waals surface area contributed by atoms with Gasteiger partial charge in [0.25, 0.3) is 0 Å². The summed E-state index contributed by atoms with van der Waals surface area (Å²) in [5.74, 6) is 2.03. The Balaban J connectivity index is 3.56. The van der Waals surface area contributed by atoms with E-state index in [1.54, 1.807) is 0 Å². The number of guanidine groups is 1. The number of nitrogens with one attached hydrogen (secondary N) is 2. The van der Waals surface area contributed by atoms with E-state index in [1.807, 2.05) is 18.8 Å². The van der Waals surface area contributed by atoms with Gasteiger partial charge >= 0.3 is 0 Å². The Morgan fingerprint density at radius 1 is 1.18 bits per heavy atom. The van der Waals surface area contributed by atoms with Gasteiger partial charge in [-0.15, -0.1) is 0 Å². The van der Waals surface area contributed by atoms with Gasteiger partial charge in [0.1, 0.15) is 0 Å². The van der Waals surface area contributed by atoms with Crippen molar-refractivity contribution in [2.45, 2.75) is 20.3 Å². The molecule has 0 radical (unpaired) electrons. The molecular weight excluding hydrogens is 232 g/mol. The van der Waals surface area contributed by atoms with Gasteiger partial charge in [-0.1, -0.05) is 13.8 Å². The molecule has 0 aliphatic heterocycles. The molecule has 0 aliphatic carbocycles.